The summed E-state index contributed by atoms with van der Waals surface area (Å²) in [4.78, 5) is 0. The molecule has 158 valence electrons. The molecular formula is C23H18F6O. The van der Waals surface area contributed by atoms with Crippen molar-refractivity contribution in [1.82, 2.24) is 0 Å². The molecule has 0 fully saturated rings. The predicted molar refractivity (Wildman–Crippen MR) is 103 cm³/mol. The van der Waals surface area contributed by atoms with Crippen molar-refractivity contribution >= 4 is 0 Å². The molecule has 3 rings (SSSR count). The molecule has 0 atom stereocenters. The molecule has 0 saturated heterocycles. The zero-order valence-corrected chi connectivity index (χ0v) is 16.0. The van der Waals surface area contributed by atoms with Crippen molar-refractivity contribution in [1.29, 1.82) is 0 Å². The highest BCUT2D eigenvalue weighted by Crippen LogP contribution is 2.33. The van der Waals surface area contributed by atoms with Crippen LogP contribution in [0.1, 0.15) is 18.9 Å². The molecule has 3 aromatic rings. The van der Waals surface area contributed by atoms with Crippen molar-refractivity contribution < 1.29 is 31.1 Å². The lowest BCUT2D eigenvalue weighted by atomic mass is 9.98. The third kappa shape index (κ3) is 4.96. The van der Waals surface area contributed by atoms with E-state index < -0.39 is 36.0 Å². The number of halogens is 6. The lowest BCUT2D eigenvalue weighted by Gasteiger charge is -2.13. The highest BCUT2D eigenvalue weighted by Gasteiger charge is 2.29. The van der Waals surface area contributed by atoms with Crippen LogP contribution in [0.15, 0.2) is 54.6 Å². The van der Waals surface area contributed by atoms with Crippen molar-refractivity contribution in [2.45, 2.75) is 25.9 Å². The maximum atomic E-state index is 14.7. The van der Waals surface area contributed by atoms with Crippen LogP contribution in [0.4, 0.5) is 26.3 Å². The molecule has 0 heterocycles. The molecular weight excluding hydrogens is 406 g/mol. The van der Waals surface area contributed by atoms with E-state index in [1.807, 2.05) is 12.1 Å². The van der Waals surface area contributed by atoms with E-state index in [4.69, 9.17) is 0 Å². The SMILES string of the molecule is CCCc1ccc(-c2ccc(-c3ccc(OCC(F)(F)F)c(F)c3F)cc2F)cc1. The molecule has 0 saturated carbocycles. The van der Waals surface area contributed by atoms with Crippen molar-refractivity contribution in [3.63, 3.8) is 0 Å². The molecule has 0 radical (unpaired) electrons. The number of ether oxygens (including phenoxy) is 1. The van der Waals surface area contributed by atoms with Crippen molar-refractivity contribution in [3.05, 3.63) is 77.6 Å². The van der Waals surface area contributed by atoms with Crippen LogP contribution in [0.3, 0.4) is 0 Å². The third-order valence-corrected chi connectivity index (χ3v) is 4.52. The van der Waals surface area contributed by atoms with E-state index in [-0.39, 0.29) is 11.1 Å². The zero-order chi connectivity index (χ0) is 21.9. The van der Waals surface area contributed by atoms with E-state index in [9.17, 15) is 26.3 Å². The standard InChI is InChI=1S/C23H18F6O/c1-2-3-14-4-6-15(7-5-14)17-9-8-16(12-19(17)24)18-10-11-20(22(26)21(18)25)30-13-23(27,28)29/h4-12H,2-3,13H2,1H3. The van der Waals surface area contributed by atoms with Gasteiger partial charge in [0.25, 0.3) is 0 Å². The first kappa shape index (κ1) is 21.7. The molecule has 0 aliphatic heterocycles. The Labute approximate surface area is 169 Å². The van der Waals surface area contributed by atoms with E-state index in [0.29, 0.717) is 11.1 Å². The third-order valence-electron chi connectivity index (χ3n) is 4.52. The van der Waals surface area contributed by atoms with Gasteiger partial charge in [-0.3, -0.25) is 0 Å². The maximum absolute atomic E-state index is 14.7. The Morgan fingerprint density at radius 2 is 1.40 bits per heavy atom. The fourth-order valence-corrected chi connectivity index (χ4v) is 3.08. The smallest absolute Gasteiger partial charge is 0.422 e. The predicted octanol–water partition coefficient (Wildman–Crippen LogP) is 7.33. The Hall–Kier alpha value is -2.96. The molecule has 7 heteroatoms. The van der Waals surface area contributed by atoms with Gasteiger partial charge in [0.15, 0.2) is 18.2 Å². The van der Waals surface area contributed by atoms with Gasteiger partial charge in [0.2, 0.25) is 5.82 Å². The Morgan fingerprint density at radius 3 is 2.00 bits per heavy atom. The molecule has 0 amide bonds. The minimum atomic E-state index is -4.69. The van der Waals surface area contributed by atoms with E-state index in [2.05, 4.69) is 11.7 Å². The van der Waals surface area contributed by atoms with Crippen molar-refractivity contribution in [2.75, 3.05) is 6.61 Å². The normalized spacial score (nSPS) is 11.6. The van der Waals surface area contributed by atoms with Crippen LogP contribution in [0, 0.1) is 17.5 Å². The van der Waals surface area contributed by atoms with E-state index in [1.165, 1.54) is 12.1 Å². The number of alkyl halides is 3. The lowest BCUT2D eigenvalue weighted by Crippen LogP contribution is -2.19. The second kappa shape index (κ2) is 8.81. The summed E-state index contributed by atoms with van der Waals surface area (Å²) in [6.07, 6.45) is -2.78. The fourth-order valence-electron chi connectivity index (χ4n) is 3.08. The molecule has 3 aromatic carbocycles. The van der Waals surface area contributed by atoms with Gasteiger partial charge in [0, 0.05) is 11.1 Å². The highest BCUT2D eigenvalue weighted by molar-refractivity contribution is 5.72. The fraction of sp³-hybridized carbons (Fsp3) is 0.217. The molecule has 0 unspecified atom stereocenters. The van der Waals surface area contributed by atoms with Gasteiger partial charge in [-0.25, -0.2) is 8.78 Å². The average Bonchev–Trinajstić information content (AvgIpc) is 2.69. The molecule has 0 aromatic heterocycles. The van der Waals surface area contributed by atoms with Gasteiger partial charge in [-0.2, -0.15) is 17.6 Å². The van der Waals surface area contributed by atoms with Crippen LogP contribution >= 0.6 is 0 Å². The van der Waals surface area contributed by atoms with Gasteiger partial charge in [-0.15, -0.1) is 0 Å². The molecule has 1 nitrogen and oxygen atoms in total. The van der Waals surface area contributed by atoms with Crippen LogP contribution in [-0.4, -0.2) is 12.8 Å². The van der Waals surface area contributed by atoms with E-state index in [1.54, 1.807) is 12.1 Å². The van der Waals surface area contributed by atoms with Crippen molar-refractivity contribution in [3.8, 4) is 28.0 Å². The van der Waals surface area contributed by atoms with Gasteiger partial charge >= 0.3 is 6.18 Å². The monoisotopic (exact) mass is 424 g/mol. The number of aryl methyl sites for hydroxylation is 1. The van der Waals surface area contributed by atoms with Crippen LogP contribution in [0.2, 0.25) is 0 Å². The summed E-state index contributed by atoms with van der Waals surface area (Å²) in [5.74, 6) is -4.47. The van der Waals surface area contributed by atoms with Crippen LogP contribution in [0.25, 0.3) is 22.3 Å². The average molecular weight is 424 g/mol. The van der Waals surface area contributed by atoms with E-state index in [0.717, 1.165) is 36.6 Å². The summed E-state index contributed by atoms with van der Waals surface area (Å²) in [5, 5.41) is 0. The van der Waals surface area contributed by atoms with Crippen LogP contribution < -0.4 is 4.74 Å². The number of hydrogen-bond donors (Lipinski definition) is 0. The summed E-state index contributed by atoms with van der Waals surface area (Å²) in [6, 6.07) is 13.3. The van der Waals surface area contributed by atoms with Crippen molar-refractivity contribution in [2.24, 2.45) is 0 Å². The minimum Gasteiger partial charge on any atom is -0.481 e. The second-order valence-corrected chi connectivity index (χ2v) is 6.78. The topological polar surface area (TPSA) is 9.23 Å². The highest BCUT2D eigenvalue weighted by atomic mass is 19.4. The Morgan fingerprint density at radius 1 is 0.767 bits per heavy atom. The summed E-state index contributed by atoms with van der Waals surface area (Å²) in [6.45, 7) is 0.312. The molecule has 0 N–H and O–H groups in total. The lowest BCUT2D eigenvalue weighted by molar-refractivity contribution is -0.153. The quantitative estimate of drug-likeness (QED) is 0.377. The molecule has 0 aliphatic carbocycles. The summed E-state index contributed by atoms with van der Waals surface area (Å²) < 4.78 is 84.1. The summed E-state index contributed by atoms with van der Waals surface area (Å²) in [7, 11) is 0. The summed E-state index contributed by atoms with van der Waals surface area (Å²) >= 11 is 0. The minimum absolute atomic E-state index is 0.0534. The Balaban J connectivity index is 1.88. The molecule has 0 bridgehead atoms. The largest absolute Gasteiger partial charge is 0.481 e. The summed E-state index contributed by atoms with van der Waals surface area (Å²) in [5.41, 5.74) is 1.84. The second-order valence-electron chi connectivity index (χ2n) is 6.78. The zero-order valence-electron chi connectivity index (χ0n) is 16.0. The van der Waals surface area contributed by atoms with Gasteiger partial charge in [0.1, 0.15) is 5.82 Å². The molecule has 30 heavy (non-hydrogen) atoms. The van der Waals surface area contributed by atoms with Crippen LogP contribution in [0.5, 0.6) is 5.75 Å². The Kier molecular flexibility index (Phi) is 6.39. The molecule has 0 spiro atoms. The first-order chi connectivity index (χ1) is 14.2. The first-order valence-corrected chi connectivity index (χ1v) is 9.26. The van der Waals surface area contributed by atoms with Gasteiger partial charge in [-0.05, 0) is 41.3 Å². The number of benzene rings is 3. The van der Waals surface area contributed by atoms with Gasteiger partial charge < -0.3 is 4.74 Å². The maximum Gasteiger partial charge on any atom is 0.422 e. The van der Waals surface area contributed by atoms with Gasteiger partial charge in [-0.1, -0.05) is 49.7 Å². The van der Waals surface area contributed by atoms with E-state index >= 15 is 0 Å². The number of rotatable bonds is 6. The van der Waals surface area contributed by atoms with Gasteiger partial charge in [0.05, 0.1) is 0 Å². The molecule has 0 aliphatic rings. The number of hydrogen-bond acceptors (Lipinski definition) is 1. The van der Waals surface area contributed by atoms with Crippen LogP contribution in [-0.2, 0) is 6.42 Å². The first-order valence-electron chi connectivity index (χ1n) is 9.26. The Bertz CT molecular complexity index is 1030.